The molecule has 0 aliphatic rings. The Balaban J connectivity index is 2.47. The van der Waals surface area contributed by atoms with E-state index in [0.29, 0.717) is 25.2 Å². The lowest BCUT2D eigenvalue weighted by molar-refractivity contribution is -0.130. The van der Waals surface area contributed by atoms with Gasteiger partial charge in [-0.15, -0.1) is 0 Å². The van der Waals surface area contributed by atoms with Crippen molar-refractivity contribution >= 4 is 5.78 Å². The third kappa shape index (κ3) is 3.00. The van der Waals surface area contributed by atoms with E-state index in [4.69, 9.17) is 9.15 Å². The Morgan fingerprint density at radius 2 is 2.36 bits per heavy atom. The highest BCUT2D eigenvalue weighted by molar-refractivity contribution is 5.84. The minimum absolute atomic E-state index is 0.0873. The van der Waals surface area contributed by atoms with Crippen LogP contribution in [0.1, 0.15) is 26.0 Å². The summed E-state index contributed by atoms with van der Waals surface area (Å²) in [5, 5.41) is 0. The van der Waals surface area contributed by atoms with E-state index in [1.165, 1.54) is 0 Å². The van der Waals surface area contributed by atoms with Crippen molar-refractivity contribution in [1.29, 1.82) is 0 Å². The summed E-state index contributed by atoms with van der Waals surface area (Å²) >= 11 is 0. The number of carbonyl (C=O) groups is 1. The first-order chi connectivity index (χ1) is 6.77. The fraction of sp³-hybridized carbons (Fsp3) is 0.545. The molecule has 0 aliphatic carbocycles. The van der Waals surface area contributed by atoms with Crippen molar-refractivity contribution in [1.82, 2.24) is 0 Å². The summed E-state index contributed by atoms with van der Waals surface area (Å²) in [5.74, 6) is 0.789. The molecule has 78 valence electrons. The molecule has 3 heteroatoms. The van der Waals surface area contributed by atoms with Crippen LogP contribution in [-0.4, -0.2) is 18.5 Å². The molecule has 0 fully saturated rings. The standard InChI is InChI=1S/C11H16O3/c1-3-11(13-4-2)10(12)8-9-6-5-7-14-9/h5-7,11H,3-4,8H2,1-2H3. The highest BCUT2D eigenvalue weighted by Crippen LogP contribution is 2.07. The molecule has 0 saturated heterocycles. The number of hydrogen-bond acceptors (Lipinski definition) is 3. The van der Waals surface area contributed by atoms with Crippen LogP contribution in [-0.2, 0) is 16.0 Å². The molecule has 0 saturated carbocycles. The average molecular weight is 196 g/mol. The first-order valence-corrected chi connectivity index (χ1v) is 4.94. The Hall–Kier alpha value is -1.09. The molecule has 0 spiro atoms. The molecular weight excluding hydrogens is 180 g/mol. The monoisotopic (exact) mass is 196 g/mol. The molecule has 0 aliphatic heterocycles. The van der Waals surface area contributed by atoms with Crippen molar-refractivity contribution in [2.75, 3.05) is 6.61 Å². The van der Waals surface area contributed by atoms with Crippen LogP contribution in [0.15, 0.2) is 22.8 Å². The zero-order valence-electron chi connectivity index (χ0n) is 8.66. The normalized spacial score (nSPS) is 12.7. The van der Waals surface area contributed by atoms with Crippen LogP contribution in [0.25, 0.3) is 0 Å². The molecule has 1 rings (SSSR count). The van der Waals surface area contributed by atoms with Crippen molar-refractivity contribution < 1.29 is 13.9 Å². The van der Waals surface area contributed by atoms with Crippen LogP contribution in [0.2, 0.25) is 0 Å². The largest absolute Gasteiger partial charge is 0.469 e. The summed E-state index contributed by atoms with van der Waals surface area (Å²) in [7, 11) is 0. The molecule has 0 N–H and O–H groups in total. The second kappa shape index (κ2) is 5.60. The summed E-state index contributed by atoms with van der Waals surface area (Å²) in [6.07, 6.45) is 2.33. The second-order valence-electron chi connectivity index (χ2n) is 3.07. The van der Waals surface area contributed by atoms with Gasteiger partial charge in [0, 0.05) is 6.61 Å². The van der Waals surface area contributed by atoms with Gasteiger partial charge in [-0.1, -0.05) is 6.92 Å². The lowest BCUT2D eigenvalue weighted by Gasteiger charge is -2.12. The molecule has 1 atom stereocenters. The molecule has 1 aromatic rings. The van der Waals surface area contributed by atoms with Crippen molar-refractivity contribution in [2.45, 2.75) is 32.8 Å². The summed E-state index contributed by atoms with van der Waals surface area (Å²) in [6, 6.07) is 3.58. The molecule has 0 radical (unpaired) electrons. The van der Waals surface area contributed by atoms with Crippen molar-refractivity contribution in [3.05, 3.63) is 24.2 Å². The fourth-order valence-electron chi connectivity index (χ4n) is 1.34. The van der Waals surface area contributed by atoms with E-state index < -0.39 is 0 Å². The van der Waals surface area contributed by atoms with Gasteiger partial charge in [0.2, 0.25) is 0 Å². The van der Waals surface area contributed by atoms with Gasteiger partial charge in [0.25, 0.3) is 0 Å². The predicted octanol–water partition coefficient (Wildman–Crippen LogP) is 2.21. The van der Waals surface area contributed by atoms with Gasteiger partial charge in [-0.25, -0.2) is 0 Å². The van der Waals surface area contributed by atoms with E-state index in [0.717, 1.165) is 0 Å². The Morgan fingerprint density at radius 1 is 1.57 bits per heavy atom. The summed E-state index contributed by atoms with van der Waals surface area (Å²) < 4.78 is 10.4. The average Bonchev–Trinajstić information content (AvgIpc) is 2.66. The van der Waals surface area contributed by atoms with Crippen molar-refractivity contribution in [3.63, 3.8) is 0 Å². The van der Waals surface area contributed by atoms with Gasteiger partial charge < -0.3 is 9.15 Å². The van der Waals surface area contributed by atoms with E-state index in [-0.39, 0.29) is 11.9 Å². The van der Waals surface area contributed by atoms with Crippen LogP contribution < -0.4 is 0 Å². The first-order valence-electron chi connectivity index (χ1n) is 4.94. The van der Waals surface area contributed by atoms with Crippen LogP contribution in [0.3, 0.4) is 0 Å². The third-order valence-electron chi connectivity index (χ3n) is 2.03. The van der Waals surface area contributed by atoms with Crippen molar-refractivity contribution in [2.24, 2.45) is 0 Å². The fourth-order valence-corrected chi connectivity index (χ4v) is 1.34. The third-order valence-corrected chi connectivity index (χ3v) is 2.03. The number of rotatable bonds is 6. The topological polar surface area (TPSA) is 39.4 Å². The Kier molecular flexibility index (Phi) is 4.40. The molecule has 0 bridgehead atoms. The van der Waals surface area contributed by atoms with Gasteiger partial charge in [-0.2, -0.15) is 0 Å². The van der Waals surface area contributed by atoms with E-state index in [2.05, 4.69) is 0 Å². The van der Waals surface area contributed by atoms with E-state index >= 15 is 0 Å². The maximum atomic E-state index is 11.6. The van der Waals surface area contributed by atoms with E-state index in [1.807, 2.05) is 13.8 Å². The maximum absolute atomic E-state index is 11.6. The lowest BCUT2D eigenvalue weighted by Crippen LogP contribution is -2.25. The van der Waals surface area contributed by atoms with E-state index in [1.54, 1.807) is 18.4 Å². The van der Waals surface area contributed by atoms with Gasteiger partial charge in [-0.05, 0) is 25.5 Å². The van der Waals surface area contributed by atoms with Crippen LogP contribution in [0.4, 0.5) is 0 Å². The van der Waals surface area contributed by atoms with Crippen LogP contribution in [0, 0.1) is 0 Å². The molecule has 1 aromatic heterocycles. The van der Waals surface area contributed by atoms with Gasteiger partial charge in [0.15, 0.2) is 5.78 Å². The number of ketones is 1. The molecule has 3 nitrogen and oxygen atoms in total. The SMILES string of the molecule is CCOC(CC)C(=O)Cc1ccco1. The second-order valence-corrected chi connectivity index (χ2v) is 3.07. The minimum Gasteiger partial charge on any atom is -0.469 e. The Labute approximate surface area is 84.1 Å². The number of ether oxygens (including phenoxy) is 1. The number of Topliss-reactive ketones (excluding diaryl/α,β-unsaturated/α-hetero) is 1. The van der Waals surface area contributed by atoms with Gasteiger partial charge in [0.1, 0.15) is 11.9 Å². The maximum Gasteiger partial charge on any atom is 0.169 e. The first kappa shape index (κ1) is 11.0. The van der Waals surface area contributed by atoms with Crippen molar-refractivity contribution in [3.8, 4) is 0 Å². The molecule has 0 aromatic carbocycles. The summed E-state index contributed by atoms with van der Waals surface area (Å²) in [4.78, 5) is 11.6. The summed E-state index contributed by atoms with van der Waals surface area (Å²) in [5.41, 5.74) is 0. The molecule has 1 heterocycles. The van der Waals surface area contributed by atoms with Gasteiger partial charge >= 0.3 is 0 Å². The number of hydrogen-bond donors (Lipinski definition) is 0. The highest BCUT2D eigenvalue weighted by Gasteiger charge is 2.17. The molecule has 1 unspecified atom stereocenters. The van der Waals surface area contributed by atoms with Gasteiger partial charge in [-0.3, -0.25) is 4.79 Å². The zero-order chi connectivity index (χ0) is 10.4. The lowest BCUT2D eigenvalue weighted by atomic mass is 10.1. The predicted molar refractivity (Wildman–Crippen MR) is 53.1 cm³/mol. The van der Waals surface area contributed by atoms with Crippen LogP contribution >= 0.6 is 0 Å². The minimum atomic E-state index is -0.287. The Bertz CT molecular complexity index is 264. The zero-order valence-corrected chi connectivity index (χ0v) is 8.66. The smallest absolute Gasteiger partial charge is 0.169 e. The Morgan fingerprint density at radius 3 is 2.86 bits per heavy atom. The summed E-state index contributed by atoms with van der Waals surface area (Å²) in [6.45, 7) is 4.41. The number of carbonyl (C=O) groups excluding carboxylic acids is 1. The molecule has 0 amide bonds. The molecule has 14 heavy (non-hydrogen) atoms. The molecular formula is C11H16O3. The van der Waals surface area contributed by atoms with E-state index in [9.17, 15) is 4.79 Å². The number of furan rings is 1. The quantitative estimate of drug-likeness (QED) is 0.700. The van der Waals surface area contributed by atoms with Gasteiger partial charge in [0.05, 0.1) is 12.7 Å². The highest BCUT2D eigenvalue weighted by atomic mass is 16.5. The van der Waals surface area contributed by atoms with Crippen LogP contribution in [0.5, 0.6) is 0 Å².